The average Bonchev–Trinajstić information content (AvgIpc) is 2.44. The first-order chi connectivity index (χ1) is 9.11. The van der Waals surface area contributed by atoms with Crippen molar-refractivity contribution >= 4 is 5.69 Å². The average molecular weight is 254 g/mol. The minimum atomic E-state index is 0.594. The quantitative estimate of drug-likeness (QED) is 0.873. The SMILES string of the molecule is Cc1ccc(NCc2cccc(CN)c2)c(C)c1C. The first-order valence-electron chi connectivity index (χ1n) is 6.70. The van der Waals surface area contributed by atoms with Gasteiger partial charge in [0.1, 0.15) is 0 Å². The van der Waals surface area contributed by atoms with E-state index in [2.05, 4.69) is 62.5 Å². The number of hydrogen-bond donors (Lipinski definition) is 2. The Hall–Kier alpha value is -1.80. The van der Waals surface area contributed by atoms with E-state index in [0.717, 1.165) is 6.54 Å². The van der Waals surface area contributed by atoms with Crippen LogP contribution in [0, 0.1) is 20.8 Å². The monoisotopic (exact) mass is 254 g/mol. The second-order valence-electron chi connectivity index (χ2n) is 5.06. The van der Waals surface area contributed by atoms with E-state index in [4.69, 9.17) is 5.73 Å². The number of aryl methyl sites for hydroxylation is 1. The minimum absolute atomic E-state index is 0.594. The highest BCUT2D eigenvalue weighted by Gasteiger charge is 2.03. The van der Waals surface area contributed by atoms with Gasteiger partial charge in [0.2, 0.25) is 0 Å². The van der Waals surface area contributed by atoms with E-state index in [0.29, 0.717) is 6.54 Å². The molecule has 0 saturated carbocycles. The number of benzene rings is 2. The summed E-state index contributed by atoms with van der Waals surface area (Å²) in [7, 11) is 0. The molecule has 0 fully saturated rings. The second kappa shape index (κ2) is 5.89. The molecule has 2 aromatic carbocycles. The van der Waals surface area contributed by atoms with Gasteiger partial charge in [0.15, 0.2) is 0 Å². The van der Waals surface area contributed by atoms with Gasteiger partial charge in [-0.2, -0.15) is 0 Å². The normalized spacial score (nSPS) is 10.5. The molecule has 2 rings (SSSR count). The van der Waals surface area contributed by atoms with Gasteiger partial charge in [0.05, 0.1) is 0 Å². The molecule has 2 heteroatoms. The molecule has 19 heavy (non-hydrogen) atoms. The van der Waals surface area contributed by atoms with Gasteiger partial charge in [-0.05, 0) is 54.7 Å². The lowest BCUT2D eigenvalue weighted by Gasteiger charge is -2.13. The van der Waals surface area contributed by atoms with Crippen molar-refractivity contribution < 1.29 is 0 Å². The molecular formula is C17H22N2. The van der Waals surface area contributed by atoms with Crippen molar-refractivity contribution in [1.82, 2.24) is 0 Å². The molecule has 0 heterocycles. The molecule has 0 unspecified atom stereocenters. The summed E-state index contributed by atoms with van der Waals surface area (Å²) < 4.78 is 0. The molecule has 2 aromatic rings. The van der Waals surface area contributed by atoms with Crippen LogP contribution in [0.5, 0.6) is 0 Å². The number of nitrogens with two attached hydrogens (primary N) is 1. The number of hydrogen-bond acceptors (Lipinski definition) is 2. The molecule has 3 N–H and O–H groups in total. The van der Waals surface area contributed by atoms with E-state index in [9.17, 15) is 0 Å². The third kappa shape index (κ3) is 3.15. The Morgan fingerprint density at radius 2 is 1.68 bits per heavy atom. The number of nitrogens with one attached hydrogen (secondary N) is 1. The predicted octanol–water partition coefficient (Wildman–Crippen LogP) is 3.68. The highest BCUT2D eigenvalue weighted by atomic mass is 14.9. The Bertz CT molecular complexity index is 573. The third-order valence-corrected chi connectivity index (χ3v) is 3.77. The van der Waals surface area contributed by atoms with Gasteiger partial charge in [0.25, 0.3) is 0 Å². The molecule has 2 nitrogen and oxygen atoms in total. The van der Waals surface area contributed by atoms with Crippen molar-refractivity contribution in [1.29, 1.82) is 0 Å². The fourth-order valence-electron chi connectivity index (χ4n) is 2.21. The van der Waals surface area contributed by atoms with Crippen LogP contribution in [0.3, 0.4) is 0 Å². The molecule has 0 aliphatic carbocycles. The molecular weight excluding hydrogens is 232 g/mol. The van der Waals surface area contributed by atoms with Crippen LogP contribution in [0.4, 0.5) is 5.69 Å². The summed E-state index contributed by atoms with van der Waals surface area (Å²) >= 11 is 0. The summed E-state index contributed by atoms with van der Waals surface area (Å²) in [5, 5.41) is 3.51. The van der Waals surface area contributed by atoms with Gasteiger partial charge in [-0.1, -0.05) is 30.3 Å². The Morgan fingerprint density at radius 1 is 0.947 bits per heavy atom. The van der Waals surface area contributed by atoms with Crippen LogP contribution in [-0.4, -0.2) is 0 Å². The first kappa shape index (κ1) is 13.6. The standard InChI is InChI=1S/C17H22N2/c1-12-7-8-17(14(3)13(12)2)19-11-16-6-4-5-15(9-16)10-18/h4-9,19H,10-11,18H2,1-3H3. The number of rotatable bonds is 4. The smallest absolute Gasteiger partial charge is 0.0400 e. The summed E-state index contributed by atoms with van der Waals surface area (Å²) in [5.41, 5.74) is 13.3. The van der Waals surface area contributed by atoms with Crippen LogP contribution in [0.1, 0.15) is 27.8 Å². The van der Waals surface area contributed by atoms with Crippen LogP contribution < -0.4 is 11.1 Å². The lowest BCUT2D eigenvalue weighted by molar-refractivity contribution is 1.05. The summed E-state index contributed by atoms with van der Waals surface area (Å²) in [4.78, 5) is 0. The van der Waals surface area contributed by atoms with Crippen molar-refractivity contribution in [3.63, 3.8) is 0 Å². The van der Waals surface area contributed by atoms with E-state index in [1.54, 1.807) is 0 Å². The van der Waals surface area contributed by atoms with Gasteiger partial charge in [-0.3, -0.25) is 0 Å². The van der Waals surface area contributed by atoms with Gasteiger partial charge >= 0.3 is 0 Å². The van der Waals surface area contributed by atoms with Crippen molar-refractivity contribution in [3.8, 4) is 0 Å². The lowest BCUT2D eigenvalue weighted by Crippen LogP contribution is -2.04. The molecule has 0 aliphatic heterocycles. The zero-order valence-corrected chi connectivity index (χ0v) is 12.0. The first-order valence-corrected chi connectivity index (χ1v) is 6.70. The maximum absolute atomic E-state index is 5.67. The highest BCUT2D eigenvalue weighted by Crippen LogP contribution is 2.22. The Kier molecular flexibility index (Phi) is 4.23. The van der Waals surface area contributed by atoms with Crippen molar-refractivity contribution in [3.05, 3.63) is 64.2 Å². The molecule has 0 saturated heterocycles. The lowest BCUT2D eigenvalue weighted by atomic mass is 10.0. The van der Waals surface area contributed by atoms with E-state index in [1.165, 1.54) is 33.5 Å². The van der Waals surface area contributed by atoms with Crippen LogP contribution in [-0.2, 0) is 13.1 Å². The molecule has 0 aromatic heterocycles. The summed E-state index contributed by atoms with van der Waals surface area (Å²) in [6.07, 6.45) is 0. The van der Waals surface area contributed by atoms with E-state index in [-0.39, 0.29) is 0 Å². The predicted molar refractivity (Wildman–Crippen MR) is 82.3 cm³/mol. The molecule has 100 valence electrons. The number of anilines is 1. The van der Waals surface area contributed by atoms with Gasteiger partial charge in [0, 0.05) is 18.8 Å². The Balaban J connectivity index is 2.12. The summed E-state index contributed by atoms with van der Waals surface area (Å²) in [6, 6.07) is 12.7. The summed E-state index contributed by atoms with van der Waals surface area (Å²) in [5.74, 6) is 0. The van der Waals surface area contributed by atoms with Crippen LogP contribution in [0.2, 0.25) is 0 Å². The molecule has 0 amide bonds. The van der Waals surface area contributed by atoms with Crippen LogP contribution >= 0.6 is 0 Å². The van der Waals surface area contributed by atoms with E-state index >= 15 is 0 Å². The zero-order chi connectivity index (χ0) is 13.8. The van der Waals surface area contributed by atoms with Crippen molar-refractivity contribution in [2.45, 2.75) is 33.9 Å². The van der Waals surface area contributed by atoms with E-state index < -0.39 is 0 Å². The van der Waals surface area contributed by atoms with Crippen LogP contribution in [0.15, 0.2) is 36.4 Å². The molecule has 0 spiro atoms. The van der Waals surface area contributed by atoms with Crippen molar-refractivity contribution in [2.75, 3.05) is 5.32 Å². The Labute approximate surface area is 115 Å². The fraction of sp³-hybridized carbons (Fsp3) is 0.294. The molecule has 0 atom stereocenters. The topological polar surface area (TPSA) is 38.0 Å². The van der Waals surface area contributed by atoms with Gasteiger partial charge < -0.3 is 11.1 Å². The fourth-order valence-corrected chi connectivity index (χ4v) is 2.21. The largest absolute Gasteiger partial charge is 0.381 e. The van der Waals surface area contributed by atoms with Crippen molar-refractivity contribution in [2.24, 2.45) is 5.73 Å². The maximum atomic E-state index is 5.67. The van der Waals surface area contributed by atoms with E-state index in [1.807, 2.05) is 0 Å². The zero-order valence-electron chi connectivity index (χ0n) is 12.0. The minimum Gasteiger partial charge on any atom is -0.381 e. The van der Waals surface area contributed by atoms with Gasteiger partial charge in [-0.15, -0.1) is 0 Å². The second-order valence-corrected chi connectivity index (χ2v) is 5.06. The molecule has 0 radical (unpaired) electrons. The Morgan fingerprint density at radius 3 is 2.42 bits per heavy atom. The maximum Gasteiger partial charge on any atom is 0.0400 e. The van der Waals surface area contributed by atoms with Crippen LogP contribution in [0.25, 0.3) is 0 Å². The highest BCUT2D eigenvalue weighted by molar-refractivity contribution is 5.56. The molecule has 0 bridgehead atoms. The summed E-state index contributed by atoms with van der Waals surface area (Å²) in [6.45, 7) is 7.91. The third-order valence-electron chi connectivity index (χ3n) is 3.77. The van der Waals surface area contributed by atoms with Gasteiger partial charge in [-0.25, -0.2) is 0 Å². The molecule has 0 aliphatic rings.